The Bertz CT molecular complexity index is 672. The van der Waals surface area contributed by atoms with E-state index in [9.17, 15) is 4.79 Å². The molecule has 2 N–H and O–H groups in total. The van der Waals surface area contributed by atoms with Crippen LogP contribution in [0.3, 0.4) is 0 Å². The van der Waals surface area contributed by atoms with Gasteiger partial charge in [-0.2, -0.15) is 0 Å². The minimum atomic E-state index is -0.139. The quantitative estimate of drug-likeness (QED) is 0.838. The average molecular weight is 354 g/mol. The highest BCUT2D eigenvalue weighted by Gasteiger charge is 2.14. The molecule has 0 aliphatic rings. The van der Waals surface area contributed by atoms with Crippen molar-refractivity contribution in [1.82, 2.24) is 0 Å². The molecule has 0 bridgehead atoms. The summed E-state index contributed by atoms with van der Waals surface area (Å²) in [5.74, 6) is 0.669. The van der Waals surface area contributed by atoms with Crippen molar-refractivity contribution in [2.45, 2.75) is 6.54 Å². The summed E-state index contributed by atoms with van der Waals surface area (Å²) >= 11 is 12.1. The predicted molar refractivity (Wildman–Crippen MR) is 93.5 cm³/mol. The Morgan fingerprint density at radius 1 is 1.17 bits per heavy atom. The van der Waals surface area contributed by atoms with Crippen LogP contribution in [0.15, 0.2) is 42.5 Å². The third kappa shape index (κ3) is 5.13. The minimum absolute atomic E-state index is 0.139. The van der Waals surface area contributed by atoms with E-state index < -0.39 is 0 Å². The molecule has 6 heteroatoms. The Hall–Kier alpha value is -1.75. The van der Waals surface area contributed by atoms with Crippen molar-refractivity contribution in [3.63, 3.8) is 0 Å². The number of para-hydroxylation sites is 1. The lowest BCUT2D eigenvalue weighted by Gasteiger charge is -2.15. The Labute approximate surface area is 146 Å². The number of rotatable bonds is 6. The predicted octanol–water partition coefficient (Wildman–Crippen LogP) is 2.66. The van der Waals surface area contributed by atoms with E-state index in [2.05, 4.69) is 5.32 Å². The molecular weight excluding hydrogens is 335 g/mol. The Morgan fingerprint density at radius 2 is 1.83 bits per heavy atom. The SMILES string of the molecule is COc1cccc(C[NH+](C)CC(=O)Nc2c(Cl)cccc2Cl)c1. The van der Waals surface area contributed by atoms with Crippen LogP contribution in [0.1, 0.15) is 5.56 Å². The fourth-order valence-electron chi connectivity index (χ4n) is 2.27. The molecular formula is C17H19Cl2N2O2+. The average Bonchev–Trinajstić information content (AvgIpc) is 2.51. The molecule has 0 heterocycles. The van der Waals surface area contributed by atoms with Gasteiger partial charge in [-0.25, -0.2) is 0 Å². The van der Waals surface area contributed by atoms with Gasteiger partial charge in [0.1, 0.15) is 12.3 Å². The smallest absolute Gasteiger partial charge is 0.279 e. The number of hydrogen-bond acceptors (Lipinski definition) is 2. The molecule has 0 saturated heterocycles. The molecule has 4 nitrogen and oxygen atoms in total. The highest BCUT2D eigenvalue weighted by atomic mass is 35.5. The van der Waals surface area contributed by atoms with Gasteiger partial charge in [0.05, 0.1) is 29.9 Å². The molecule has 23 heavy (non-hydrogen) atoms. The van der Waals surface area contributed by atoms with Gasteiger partial charge < -0.3 is 15.0 Å². The number of likely N-dealkylation sites (N-methyl/N-ethyl adjacent to an activating group) is 1. The van der Waals surface area contributed by atoms with E-state index in [1.54, 1.807) is 25.3 Å². The minimum Gasteiger partial charge on any atom is -0.497 e. The zero-order valence-corrected chi connectivity index (χ0v) is 14.5. The maximum atomic E-state index is 12.2. The fourth-order valence-corrected chi connectivity index (χ4v) is 2.76. The van der Waals surface area contributed by atoms with Crippen LogP contribution in [-0.4, -0.2) is 26.6 Å². The first kappa shape index (κ1) is 17.6. The topological polar surface area (TPSA) is 42.8 Å². The number of benzene rings is 2. The van der Waals surface area contributed by atoms with Crippen LogP contribution in [0.25, 0.3) is 0 Å². The largest absolute Gasteiger partial charge is 0.497 e. The highest BCUT2D eigenvalue weighted by molar-refractivity contribution is 6.39. The van der Waals surface area contributed by atoms with Gasteiger partial charge in [0.25, 0.3) is 5.91 Å². The Morgan fingerprint density at radius 3 is 2.48 bits per heavy atom. The number of nitrogens with one attached hydrogen (secondary N) is 2. The number of amides is 1. The lowest BCUT2D eigenvalue weighted by molar-refractivity contribution is -0.885. The summed E-state index contributed by atoms with van der Waals surface area (Å²) in [6.07, 6.45) is 0. The molecule has 0 saturated carbocycles. The van der Waals surface area contributed by atoms with Crippen LogP contribution in [0, 0.1) is 0 Å². The van der Waals surface area contributed by atoms with Crippen molar-refractivity contribution in [2.75, 3.05) is 26.0 Å². The van der Waals surface area contributed by atoms with Crippen molar-refractivity contribution in [1.29, 1.82) is 0 Å². The molecule has 0 aliphatic heterocycles. The highest BCUT2D eigenvalue weighted by Crippen LogP contribution is 2.29. The number of ether oxygens (including phenoxy) is 1. The second-order valence-electron chi connectivity index (χ2n) is 5.31. The van der Waals surface area contributed by atoms with Crippen LogP contribution < -0.4 is 15.0 Å². The van der Waals surface area contributed by atoms with Gasteiger partial charge in [-0.1, -0.05) is 41.4 Å². The van der Waals surface area contributed by atoms with Crippen molar-refractivity contribution < 1.29 is 14.4 Å². The van der Waals surface area contributed by atoms with Crippen molar-refractivity contribution >= 4 is 34.8 Å². The summed E-state index contributed by atoms with van der Waals surface area (Å²) < 4.78 is 5.20. The van der Waals surface area contributed by atoms with Crippen molar-refractivity contribution in [3.05, 3.63) is 58.1 Å². The molecule has 2 rings (SSSR count). The number of anilines is 1. The molecule has 2 aromatic carbocycles. The van der Waals surface area contributed by atoms with Crippen molar-refractivity contribution in [2.24, 2.45) is 0 Å². The number of halogens is 2. The van der Waals surface area contributed by atoms with Gasteiger partial charge in [-0.05, 0) is 24.3 Å². The first-order valence-electron chi connectivity index (χ1n) is 7.17. The summed E-state index contributed by atoms with van der Waals surface area (Å²) in [6, 6.07) is 12.9. The van der Waals surface area contributed by atoms with Crippen LogP contribution in [0.4, 0.5) is 5.69 Å². The van der Waals surface area contributed by atoms with E-state index in [-0.39, 0.29) is 5.91 Å². The second kappa shape index (κ2) is 8.20. The maximum Gasteiger partial charge on any atom is 0.279 e. The number of quaternary nitrogens is 1. The van der Waals surface area contributed by atoms with E-state index >= 15 is 0 Å². The number of carbonyl (C=O) groups is 1. The summed E-state index contributed by atoms with van der Waals surface area (Å²) in [5, 5.41) is 3.62. The standard InChI is InChI=1S/C17H18Cl2N2O2/c1-21(10-12-5-3-6-13(9-12)23-2)11-16(22)20-17-14(18)7-4-8-15(17)19/h3-9H,10-11H2,1-2H3,(H,20,22)/p+1. The molecule has 0 fully saturated rings. The normalized spacial score (nSPS) is 11.8. The second-order valence-corrected chi connectivity index (χ2v) is 6.12. The molecule has 0 radical (unpaired) electrons. The third-order valence-corrected chi connectivity index (χ3v) is 3.96. The van der Waals surface area contributed by atoms with Gasteiger partial charge in [-0.3, -0.25) is 4.79 Å². The van der Waals surface area contributed by atoms with Crippen LogP contribution in [0.2, 0.25) is 10.0 Å². The molecule has 2 aromatic rings. The zero-order chi connectivity index (χ0) is 16.8. The molecule has 1 unspecified atom stereocenters. The van der Waals surface area contributed by atoms with Gasteiger partial charge in [0.15, 0.2) is 6.54 Å². The number of methoxy groups -OCH3 is 1. The van der Waals surface area contributed by atoms with Crippen LogP contribution in [-0.2, 0) is 11.3 Å². The fraction of sp³-hybridized carbons (Fsp3) is 0.235. The monoisotopic (exact) mass is 353 g/mol. The number of hydrogen-bond donors (Lipinski definition) is 2. The van der Waals surface area contributed by atoms with Gasteiger partial charge >= 0.3 is 0 Å². The summed E-state index contributed by atoms with van der Waals surface area (Å²) in [5.41, 5.74) is 1.56. The Balaban J connectivity index is 1.94. The molecule has 0 aliphatic carbocycles. The summed E-state index contributed by atoms with van der Waals surface area (Å²) in [6.45, 7) is 1.01. The molecule has 0 aromatic heterocycles. The summed E-state index contributed by atoms with van der Waals surface area (Å²) in [7, 11) is 3.59. The molecule has 122 valence electrons. The van der Waals surface area contributed by atoms with E-state index in [0.717, 1.165) is 16.2 Å². The molecule has 0 spiro atoms. The molecule has 1 amide bonds. The maximum absolute atomic E-state index is 12.2. The van der Waals surface area contributed by atoms with E-state index in [0.29, 0.717) is 28.8 Å². The zero-order valence-electron chi connectivity index (χ0n) is 13.0. The first-order chi connectivity index (χ1) is 11.0. The van der Waals surface area contributed by atoms with Gasteiger partial charge in [0, 0.05) is 5.56 Å². The van der Waals surface area contributed by atoms with Gasteiger partial charge in [-0.15, -0.1) is 0 Å². The lowest BCUT2D eigenvalue weighted by atomic mass is 10.2. The van der Waals surface area contributed by atoms with Crippen LogP contribution in [0.5, 0.6) is 5.75 Å². The number of carbonyl (C=O) groups excluding carboxylic acids is 1. The molecule has 1 atom stereocenters. The van der Waals surface area contributed by atoms with Gasteiger partial charge in [0.2, 0.25) is 0 Å². The van der Waals surface area contributed by atoms with E-state index in [1.807, 2.05) is 31.3 Å². The van der Waals surface area contributed by atoms with Crippen molar-refractivity contribution in [3.8, 4) is 5.75 Å². The summed E-state index contributed by atoms with van der Waals surface area (Å²) in [4.78, 5) is 13.2. The first-order valence-corrected chi connectivity index (χ1v) is 7.93. The lowest BCUT2D eigenvalue weighted by Crippen LogP contribution is -3.08. The van der Waals surface area contributed by atoms with Crippen LogP contribution >= 0.6 is 23.2 Å². The van der Waals surface area contributed by atoms with E-state index in [4.69, 9.17) is 27.9 Å². The van der Waals surface area contributed by atoms with E-state index in [1.165, 1.54) is 0 Å². The Kier molecular flexibility index (Phi) is 6.28. The third-order valence-electron chi connectivity index (χ3n) is 3.33.